The molecule has 2 saturated heterocycles. The number of aliphatic hydroxyl groups is 1. The number of amides is 3. The molecule has 264 valence electrons. The second-order valence-corrected chi connectivity index (χ2v) is 13.4. The number of hydrogen-bond donors (Lipinski definition) is 2. The summed E-state index contributed by atoms with van der Waals surface area (Å²) < 4.78 is 28.9. The summed E-state index contributed by atoms with van der Waals surface area (Å²) in [7, 11) is 5.97. The molecule has 2 fully saturated rings. The summed E-state index contributed by atoms with van der Waals surface area (Å²) in [6.07, 6.45) is 1.02. The monoisotopic (exact) mass is 691 g/mol. The van der Waals surface area contributed by atoms with Gasteiger partial charge in [-0.15, -0.1) is 0 Å². The highest BCUT2D eigenvalue weighted by Gasteiger charge is 2.64. The van der Waals surface area contributed by atoms with E-state index < -0.39 is 65.7 Å². The lowest BCUT2D eigenvalue weighted by Crippen LogP contribution is -2.63. The van der Waals surface area contributed by atoms with Gasteiger partial charge in [0.05, 0.1) is 25.3 Å². The zero-order valence-corrected chi connectivity index (χ0v) is 29.6. The number of allylic oxidation sites excluding steroid dienone is 3. The number of epoxide rings is 1. The average molecular weight is 692 g/mol. The Kier molecular flexibility index (Phi) is 11.2. The highest BCUT2D eigenvalue weighted by atomic mass is 35.5. The Labute approximate surface area is 286 Å². The van der Waals surface area contributed by atoms with Crippen molar-refractivity contribution in [2.45, 2.75) is 95.7 Å². The normalized spacial score (nSPS) is 31.4. The van der Waals surface area contributed by atoms with Gasteiger partial charge in [-0.1, -0.05) is 42.3 Å². The fraction of sp³-hybridized carbons (Fsp3) is 0.588. The molecule has 0 radical (unpaired) electrons. The van der Waals surface area contributed by atoms with Gasteiger partial charge in [-0.3, -0.25) is 14.9 Å². The third-order valence-electron chi connectivity index (χ3n) is 9.63. The van der Waals surface area contributed by atoms with Crippen LogP contribution in [-0.2, 0) is 39.8 Å². The number of carbonyl (C=O) groups excluding carboxylic acids is 4. The van der Waals surface area contributed by atoms with Crippen LogP contribution in [0.4, 0.5) is 10.5 Å². The zero-order chi connectivity index (χ0) is 35.7. The Hall–Kier alpha value is -3.65. The van der Waals surface area contributed by atoms with Gasteiger partial charge in [-0.2, -0.15) is 0 Å². The number of nitrogens with one attached hydrogen (secondary N) is 1. The van der Waals surface area contributed by atoms with Gasteiger partial charge in [0, 0.05) is 40.5 Å². The molecule has 3 heterocycles. The summed E-state index contributed by atoms with van der Waals surface area (Å²) in [5.74, 6) is -1.63. The fourth-order valence-electron chi connectivity index (χ4n) is 6.27. The molecule has 2 N–H and O–H groups in total. The summed E-state index contributed by atoms with van der Waals surface area (Å²) in [4.78, 5) is 54.7. The number of likely N-dealkylation sites (N-methyl/N-ethyl adjacent to an activating group) is 1. The molecule has 4 bridgehead atoms. The molecule has 4 rings (SSSR count). The Morgan fingerprint density at radius 3 is 2.56 bits per heavy atom. The molecule has 3 amide bonds. The Balaban J connectivity index is 1.80. The maximum atomic E-state index is 14.0. The van der Waals surface area contributed by atoms with Crippen molar-refractivity contribution in [3.05, 3.63) is 46.5 Å². The molecule has 0 saturated carbocycles. The van der Waals surface area contributed by atoms with Crippen LogP contribution in [0.15, 0.2) is 35.9 Å². The first kappa shape index (κ1) is 37.2. The number of halogens is 1. The van der Waals surface area contributed by atoms with Gasteiger partial charge in [0.2, 0.25) is 11.8 Å². The van der Waals surface area contributed by atoms with Crippen LogP contribution in [0.25, 0.3) is 0 Å². The molecule has 14 heteroatoms. The van der Waals surface area contributed by atoms with Crippen molar-refractivity contribution in [1.82, 2.24) is 10.2 Å². The molecule has 1 aromatic carbocycles. The van der Waals surface area contributed by atoms with Crippen LogP contribution in [0.1, 0.15) is 53.0 Å². The van der Waals surface area contributed by atoms with Gasteiger partial charge in [0.25, 0.3) is 0 Å². The molecular formula is C34H46ClN3O10. The van der Waals surface area contributed by atoms with Crippen molar-refractivity contribution in [2.24, 2.45) is 5.92 Å². The number of methoxy groups -OCH3 is 2. The highest BCUT2D eigenvalue weighted by molar-refractivity contribution is 6.35. The third kappa shape index (κ3) is 7.64. The van der Waals surface area contributed by atoms with E-state index in [1.165, 1.54) is 44.9 Å². The predicted octanol–water partition coefficient (Wildman–Crippen LogP) is 3.53. The van der Waals surface area contributed by atoms with Crippen molar-refractivity contribution in [3.8, 4) is 5.75 Å². The van der Waals surface area contributed by atoms with Crippen molar-refractivity contribution in [2.75, 3.05) is 33.2 Å². The van der Waals surface area contributed by atoms with Crippen LogP contribution in [-0.4, -0.2) is 104 Å². The van der Waals surface area contributed by atoms with E-state index in [2.05, 4.69) is 5.32 Å². The SMILES string of the molecule is COc1cc2cc(c1Cl)N(C)C(=O)C[C@H](OC(=O)C(C)N(C)C(C)=O)C1(C)OC1[C@H](C)C1C[C@@](O)(NC(=O)O1)[C@H](OC)C=CC=C(C)C2. The molecule has 48 heavy (non-hydrogen) atoms. The van der Waals surface area contributed by atoms with Crippen molar-refractivity contribution in [3.63, 3.8) is 0 Å². The van der Waals surface area contributed by atoms with Gasteiger partial charge in [-0.25, -0.2) is 9.59 Å². The molecule has 0 aliphatic carbocycles. The first-order valence-electron chi connectivity index (χ1n) is 15.8. The first-order chi connectivity index (χ1) is 22.4. The smallest absolute Gasteiger partial charge is 0.409 e. The average Bonchev–Trinajstić information content (AvgIpc) is 3.73. The molecular weight excluding hydrogens is 646 g/mol. The lowest BCUT2D eigenvalue weighted by atomic mass is 9.83. The summed E-state index contributed by atoms with van der Waals surface area (Å²) in [6, 6.07) is 2.63. The molecule has 0 aromatic heterocycles. The van der Waals surface area contributed by atoms with Crippen molar-refractivity contribution < 1.29 is 48.0 Å². The van der Waals surface area contributed by atoms with Gasteiger partial charge in [0.1, 0.15) is 40.7 Å². The van der Waals surface area contributed by atoms with Gasteiger partial charge in [-0.05, 0) is 44.9 Å². The van der Waals surface area contributed by atoms with E-state index in [0.29, 0.717) is 17.9 Å². The standard InChI is InChI=1S/C34H46ClN3O10/c1-18-11-10-12-26(45-9)34(43)17-25(46-32(42)36-34)19(2)30-33(5,48-30)27(47-31(41)20(3)37(6)21(4)39)16-28(40)38(7)23-14-22(13-18)15-24(44-8)29(23)35/h10-12,14-15,19-20,25-27,30,43H,13,16-17H2,1-9H3,(H,36,42)/t19-,20?,25?,26-,27+,30?,33?,34+/m1/s1. The summed E-state index contributed by atoms with van der Waals surface area (Å²) in [5.41, 5.74) is -0.871. The molecule has 3 aliphatic heterocycles. The number of benzene rings is 1. The van der Waals surface area contributed by atoms with Gasteiger partial charge >= 0.3 is 12.1 Å². The van der Waals surface area contributed by atoms with Gasteiger partial charge < -0.3 is 38.6 Å². The lowest BCUT2D eigenvalue weighted by Gasteiger charge is -2.42. The number of nitrogens with zero attached hydrogens (tertiary/aromatic N) is 2. The van der Waals surface area contributed by atoms with Crippen LogP contribution in [0, 0.1) is 5.92 Å². The van der Waals surface area contributed by atoms with Crippen LogP contribution in [0.2, 0.25) is 5.02 Å². The second-order valence-electron chi connectivity index (χ2n) is 13.0. The minimum absolute atomic E-state index is 0.0436. The van der Waals surface area contributed by atoms with E-state index in [1.807, 2.05) is 13.0 Å². The number of alkyl carbamates (subject to hydrolysis) is 1. The third-order valence-corrected chi connectivity index (χ3v) is 10.0. The van der Waals surface area contributed by atoms with Crippen molar-refractivity contribution in [1.29, 1.82) is 0 Å². The minimum atomic E-state index is -1.81. The van der Waals surface area contributed by atoms with Gasteiger partial charge in [0.15, 0.2) is 5.72 Å². The Morgan fingerprint density at radius 1 is 1.25 bits per heavy atom. The van der Waals surface area contributed by atoms with Crippen LogP contribution >= 0.6 is 11.6 Å². The fourth-order valence-corrected chi connectivity index (χ4v) is 6.59. The van der Waals surface area contributed by atoms with E-state index >= 15 is 0 Å². The van der Waals surface area contributed by atoms with E-state index in [0.717, 1.165) is 11.1 Å². The number of fused-ring (bicyclic) bond motifs is 5. The predicted molar refractivity (Wildman–Crippen MR) is 177 cm³/mol. The molecule has 3 aliphatic rings. The summed E-state index contributed by atoms with van der Waals surface area (Å²) >= 11 is 6.71. The maximum Gasteiger partial charge on any atom is 0.409 e. The number of rotatable bonds is 5. The summed E-state index contributed by atoms with van der Waals surface area (Å²) in [5, 5.41) is 14.4. The highest BCUT2D eigenvalue weighted by Crippen LogP contribution is 2.49. The van der Waals surface area contributed by atoms with E-state index in [-0.39, 0.29) is 23.8 Å². The largest absolute Gasteiger partial charge is 0.495 e. The second kappa shape index (κ2) is 14.5. The van der Waals surface area contributed by atoms with E-state index in [4.69, 9.17) is 35.3 Å². The molecule has 8 atom stereocenters. The van der Waals surface area contributed by atoms with Crippen LogP contribution in [0.5, 0.6) is 5.75 Å². The molecule has 4 unspecified atom stereocenters. The number of ether oxygens (including phenoxy) is 5. The van der Waals surface area contributed by atoms with Crippen molar-refractivity contribution >= 4 is 41.2 Å². The number of carbonyl (C=O) groups is 4. The topological polar surface area (TPSA) is 156 Å². The Bertz CT molecular complexity index is 1500. The number of hydrogen-bond acceptors (Lipinski definition) is 10. The number of esters is 1. The molecule has 0 spiro atoms. The quantitative estimate of drug-likeness (QED) is 0.346. The number of anilines is 1. The Morgan fingerprint density at radius 2 is 1.94 bits per heavy atom. The first-order valence-corrected chi connectivity index (χ1v) is 16.2. The molecule has 1 aromatic rings. The summed E-state index contributed by atoms with van der Waals surface area (Å²) in [6.45, 7) is 8.29. The van der Waals surface area contributed by atoms with Crippen LogP contribution in [0.3, 0.4) is 0 Å². The maximum absolute atomic E-state index is 14.0. The minimum Gasteiger partial charge on any atom is -0.495 e. The molecule has 13 nitrogen and oxygen atoms in total. The van der Waals surface area contributed by atoms with E-state index in [9.17, 15) is 24.3 Å². The van der Waals surface area contributed by atoms with Crippen LogP contribution < -0.4 is 15.0 Å². The lowest BCUT2D eigenvalue weighted by molar-refractivity contribution is -0.161. The zero-order valence-electron chi connectivity index (χ0n) is 28.9. The van der Waals surface area contributed by atoms with E-state index in [1.54, 1.807) is 45.2 Å².